The van der Waals surface area contributed by atoms with Gasteiger partial charge in [0.15, 0.2) is 0 Å². The number of carbonyl (C=O) groups is 2. The Hall–Kier alpha value is -1.66. The standard InChI is InChI=1S/C22H36O6/c1-15(2)19(23)25-13-9-11-21(7)22(8,28-18(6)17(5)27-21)12-10-14-26-20(24)16(3)4/h17-18H,1,3,9-14H2,2,4-8H3. The Kier molecular flexibility index (Phi) is 8.89. The van der Waals surface area contributed by atoms with Gasteiger partial charge in [0.1, 0.15) is 0 Å². The molecule has 1 saturated heterocycles. The molecule has 1 rings (SSSR count). The first kappa shape index (κ1) is 24.4. The fourth-order valence-corrected chi connectivity index (χ4v) is 3.30. The molecule has 0 aromatic carbocycles. The number of hydrogen-bond donors (Lipinski definition) is 0. The van der Waals surface area contributed by atoms with E-state index in [2.05, 4.69) is 13.2 Å². The highest BCUT2D eigenvalue weighted by atomic mass is 16.6. The summed E-state index contributed by atoms with van der Waals surface area (Å²) in [5, 5.41) is 0. The number of hydrogen-bond acceptors (Lipinski definition) is 6. The predicted octanol–water partition coefficient (Wildman–Crippen LogP) is 4.13. The van der Waals surface area contributed by atoms with Crippen molar-refractivity contribution in [3.63, 3.8) is 0 Å². The van der Waals surface area contributed by atoms with Gasteiger partial charge in [0.2, 0.25) is 0 Å². The van der Waals surface area contributed by atoms with Crippen LogP contribution in [0.4, 0.5) is 0 Å². The van der Waals surface area contributed by atoms with Crippen molar-refractivity contribution in [2.75, 3.05) is 13.2 Å². The lowest BCUT2D eigenvalue weighted by atomic mass is 9.77. The maximum absolute atomic E-state index is 11.5. The van der Waals surface area contributed by atoms with Crippen molar-refractivity contribution in [3.05, 3.63) is 24.3 Å². The average molecular weight is 397 g/mol. The second-order valence-electron chi connectivity index (χ2n) is 8.15. The fraction of sp³-hybridized carbons (Fsp3) is 0.727. The number of rotatable bonds is 10. The topological polar surface area (TPSA) is 71.1 Å². The molecule has 0 amide bonds. The normalized spacial score (nSPS) is 29.8. The highest BCUT2D eigenvalue weighted by molar-refractivity contribution is 5.87. The molecular weight excluding hydrogens is 360 g/mol. The Balaban J connectivity index is 2.68. The summed E-state index contributed by atoms with van der Waals surface area (Å²) in [7, 11) is 0. The van der Waals surface area contributed by atoms with E-state index in [0.717, 1.165) is 0 Å². The number of carbonyl (C=O) groups excluding carboxylic acids is 2. The Morgan fingerprint density at radius 2 is 1.14 bits per heavy atom. The van der Waals surface area contributed by atoms with E-state index in [0.29, 0.717) is 50.0 Å². The molecule has 0 aromatic rings. The van der Waals surface area contributed by atoms with E-state index in [1.54, 1.807) is 13.8 Å². The fourth-order valence-electron chi connectivity index (χ4n) is 3.30. The van der Waals surface area contributed by atoms with E-state index in [4.69, 9.17) is 18.9 Å². The quantitative estimate of drug-likeness (QED) is 0.314. The maximum Gasteiger partial charge on any atom is 0.333 e. The molecule has 1 aliphatic heterocycles. The highest BCUT2D eigenvalue weighted by Gasteiger charge is 2.52. The van der Waals surface area contributed by atoms with Gasteiger partial charge in [-0.1, -0.05) is 13.2 Å². The summed E-state index contributed by atoms with van der Waals surface area (Å²) in [5.74, 6) is -0.759. The van der Waals surface area contributed by atoms with E-state index >= 15 is 0 Å². The zero-order valence-electron chi connectivity index (χ0n) is 18.3. The van der Waals surface area contributed by atoms with Crippen molar-refractivity contribution in [2.24, 2.45) is 0 Å². The number of esters is 2. The zero-order valence-corrected chi connectivity index (χ0v) is 18.3. The molecule has 0 saturated carbocycles. The van der Waals surface area contributed by atoms with Gasteiger partial charge in [0.05, 0.1) is 36.6 Å². The van der Waals surface area contributed by atoms with Crippen LogP contribution in [0.25, 0.3) is 0 Å². The Morgan fingerprint density at radius 1 is 0.821 bits per heavy atom. The van der Waals surface area contributed by atoms with E-state index in [9.17, 15) is 9.59 Å². The molecule has 1 heterocycles. The minimum absolute atomic E-state index is 0.0442. The first-order valence-corrected chi connectivity index (χ1v) is 9.93. The summed E-state index contributed by atoms with van der Waals surface area (Å²) in [6.07, 6.45) is 2.57. The highest BCUT2D eigenvalue weighted by Crippen LogP contribution is 2.43. The molecule has 0 radical (unpaired) electrons. The largest absolute Gasteiger partial charge is 0.462 e. The first-order chi connectivity index (χ1) is 12.9. The lowest BCUT2D eigenvalue weighted by molar-refractivity contribution is -0.303. The van der Waals surface area contributed by atoms with Gasteiger partial charge in [0.25, 0.3) is 0 Å². The minimum Gasteiger partial charge on any atom is -0.462 e. The third-order valence-corrected chi connectivity index (χ3v) is 5.43. The van der Waals surface area contributed by atoms with Crippen LogP contribution in [0.15, 0.2) is 24.3 Å². The van der Waals surface area contributed by atoms with Gasteiger partial charge in [-0.3, -0.25) is 0 Å². The molecule has 4 atom stereocenters. The van der Waals surface area contributed by atoms with Crippen LogP contribution in [0.2, 0.25) is 0 Å². The van der Waals surface area contributed by atoms with Gasteiger partial charge in [-0.05, 0) is 67.2 Å². The smallest absolute Gasteiger partial charge is 0.333 e. The summed E-state index contributed by atoms with van der Waals surface area (Å²) in [6, 6.07) is 0. The van der Waals surface area contributed by atoms with Crippen LogP contribution >= 0.6 is 0 Å². The summed E-state index contributed by atoms with van der Waals surface area (Å²) >= 11 is 0. The van der Waals surface area contributed by atoms with Crippen LogP contribution in [0.3, 0.4) is 0 Å². The molecule has 0 aromatic heterocycles. The molecule has 4 unspecified atom stereocenters. The SMILES string of the molecule is C=C(C)C(=O)OCCCC1(C)OC(C)C(C)OC1(C)CCCOC(=O)C(=C)C. The summed E-state index contributed by atoms with van der Waals surface area (Å²) < 4.78 is 23.1. The van der Waals surface area contributed by atoms with Crippen molar-refractivity contribution >= 4 is 11.9 Å². The van der Waals surface area contributed by atoms with Crippen molar-refractivity contribution < 1.29 is 28.5 Å². The molecular formula is C22H36O6. The van der Waals surface area contributed by atoms with Crippen LogP contribution in [-0.4, -0.2) is 48.6 Å². The molecule has 0 aliphatic carbocycles. The van der Waals surface area contributed by atoms with E-state index < -0.39 is 11.2 Å². The second kappa shape index (κ2) is 10.2. The Labute approximate surface area is 169 Å². The van der Waals surface area contributed by atoms with Gasteiger partial charge in [-0.25, -0.2) is 9.59 Å². The molecule has 160 valence electrons. The van der Waals surface area contributed by atoms with Crippen molar-refractivity contribution in [1.29, 1.82) is 0 Å². The monoisotopic (exact) mass is 396 g/mol. The number of ether oxygens (including phenoxy) is 4. The third-order valence-electron chi connectivity index (χ3n) is 5.43. The molecule has 0 N–H and O–H groups in total. The molecule has 6 heteroatoms. The molecule has 1 aliphatic rings. The van der Waals surface area contributed by atoms with Crippen LogP contribution in [0.1, 0.15) is 67.2 Å². The molecule has 6 nitrogen and oxygen atoms in total. The zero-order chi connectivity index (χ0) is 21.5. The second-order valence-corrected chi connectivity index (χ2v) is 8.15. The van der Waals surface area contributed by atoms with E-state index in [-0.39, 0.29) is 24.1 Å². The van der Waals surface area contributed by atoms with Crippen molar-refractivity contribution in [2.45, 2.75) is 90.6 Å². The Bertz CT molecular complexity index is 546. The van der Waals surface area contributed by atoms with Crippen LogP contribution in [-0.2, 0) is 28.5 Å². The maximum atomic E-state index is 11.5. The average Bonchev–Trinajstić information content (AvgIpc) is 2.60. The van der Waals surface area contributed by atoms with E-state index in [1.807, 2.05) is 27.7 Å². The molecule has 0 spiro atoms. The van der Waals surface area contributed by atoms with Crippen molar-refractivity contribution in [1.82, 2.24) is 0 Å². The van der Waals surface area contributed by atoms with E-state index in [1.165, 1.54) is 0 Å². The molecule has 28 heavy (non-hydrogen) atoms. The molecule has 1 fully saturated rings. The van der Waals surface area contributed by atoms with Gasteiger partial charge in [0, 0.05) is 11.1 Å². The lowest BCUT2D eigenvalue weighted by Gasteiger charge is -2.54. The summed E-state index contributed by atoms with van der Waals surface area (Å²) in [5.41, 5.74) is -0.320. The van der Waals surface area contributed by atoms with Crippen LogP contribution in [0, 0.1) is 0 Å². The van der Waals surface area contributed by atoms with Gasteiger partial charge in [-0.2, -0.15) is 0 Å². The van der Waals surface area contributed by atoms with Crippen LogP contribution < -0.4 is 0 Å². The summed E-state index contributed by atoms with van der Waals surface area (Å²) in [6.45, 7) is 19.1. The molecule has 0 bridgehead atoms. The van der Waals surface area contributed by atoms with Crippen molar-refractivity contribution in [3.8, 4) is 0 Å². The minimum atomic E-state index is -0.549. The first-order valence-electron chi connectivity index (χ1n) is 9.93. The van der Waals surface area contributed by atoms with Crippen LogP contribution in [0.5, 0.6) is 0 Å². The van der Waals surface area contributed by atoms with Gasteiger partial charge in [-0.15, -0.1) is 0 Å². The van der Waals surface area contributed by atoms with Gasteiger partial charge >= 0.3 is 11.9 Å². The third kappa shape index (κ3) is 6.45. The lowest BCUT2D eigenvalue weighted by Crippen LogP contribution is -2.62. The predicted molar refractivity (Wildman–Crippen MR) is 108 cm³/mol. The summed E-state index contributed by atoms with van der Waals surface area (Å²) in [4.78, 5) is 23.1. The van der Waals surface area contributed by atoms with Gasteiger partial charge < -0.3 is 18.9 Å². The Morgan fingerprint density at radius 3 is 1.43 bits per heavy atom.